The first kappa shape index (κ1) is 13.4. The van der Waals surface area contributed by atoms with Gasteiger partial charge in [-0.2, -0.15) is 0 Å². The van der Waals surface area contributed by atoms with Crippen LogP contribution in [0, 0.1) is 5.92 Å². The Bertz CT molecular complexity index is 217. The molecule has 0 amide bonds. The molecule has 2 rings (SSSR count). The molecule has 2 aliphatic heterocycles. The summed E-state index contributed by atoms with van der Waals surface area (Å²) in [4.78, 5) is 2.66. The number of piperidine rings is 1. The predicted molar refractivity (Wildman–Crippen MR) is 74.3 cm³/mol. The highest BCUT2D eigenvalue weighted by Crippen LogP contribution is 2.32. The van der Waals surface area contributed by atoms with Gasteiger partial charge >= 0.3 is 0 Å². The van der Waals surface area contributed by atoms with Crippen molar-refractivity contribution in [3.63, 3.8) is 0 Å². The van der Waals surface area contributed by atoms with Crippen LogP contribution in [-0.4, -0.2) is 36.1 Å². The third-order valence-corrected chi connectivity index (χ3v) is 5.02. The number of rotatable bonds is 6. The van der Waals surface area contributed by atoms with Crippen molar-refractivity contribution in [3.05, 3.63) is 0 Å². The summed E-state index contributed by atoms with van der Waals surface area (Å²) in [6.07, 6.45) is 8.45. The number of fused-ring (bicyclic) bond motifs is 2. The van der Waals surface area contributed by atoms with E-state index in [1.807, 2.05) is 0 Å². The lowest BCUT2D eigenvalue weighted by Crippen LogP contribution is -2.40. The fourth-order valence-electron chi connectivity index (χ4n) is 3.71. The quantitative estimate of drug-likeness (QED) is 0.765. The maximum Gasteiger partial charge on any atom is 0.00728 e. The molecule has 3 atom stereocenters. The van der Waals surface area contributed by atoms with Crippen molar-refractivity contribution in [3.8, 4) is 0 Å². The van der Waals surface area contributed by atoms with Gasteiger partial charge in [0.15, 0.2) is 0 Å². The Morgan fingerprint density at radius 3 is 2.35 bits per heavy atom. The first-order chi connectivity index (χ1) is 8.22. The van der Waals surface area contributed by atoms with Gasteiger partial charge < -0.3 is 10.2 Å². The summed E-state index contributed by atoms with van der Waals surface area (Å²) in [6.45, 7) is 9.51. The van der Waals surface area contributed by atoms with Gasteiger partial charge in [0, 0.05) is 18.1 Å². The van der Waals surface area contributed by atoms with Crippen LogP contribution in [0.5, 0.6) is 0 Å². The molecule has 2 nitrogen and oxygen atoms in total. The van der Waals surface area contributed by atoms with E-state index in [1.54, 1.807) is 0 Å². The first-order valence-electron chi connectivity index (χ1n) is 7.73. The summed E-state index contributed by atoms with van der Waals surface area (Å²) < 4.78 is 0. The summed E-state index contributed by atoms with van der Waals surface area (Å²) in [7, 11) is 0. The molecule has 3 unspecified atom stereocenters. The number of hydrogen-bond acceptors (Lipinski definition) is 2. The molecule has 0 aromatic heterocycles. The molecule has 0 saturated carbocycles. The number of nitrogens with zero attached hydrogens (tertiary/aromatic N) is 1. The zero-order valence-electron chi connectivity index (χ0n) is 11.9. The van der Waals surface area contributed by atoms with Crippen molar-refractivity contribution in [2.75, 3.05) is 13.1 Å². The van der Waals surface area contributed by atoms with Gasteiger partial charge in [0.1, 0.15) is 0 Å². The van der Waals surface area contributed by atoms with Crippen LogP contribution in [0.2, 0.25) is 0 Å². The van der Waals surface area contributed by atoms with Gasteiger partial charge in [-0.15, -0.1) is 0 Å². The lowest BCUT2D eigenvalue weighted by Gasteiger charge is -2.32. The van der Waals surface area contributed by atoms with Gasteiger partial charge in [-0.05, 0) is 64.5 Å². The maximum atomic E-state index is 3.74. The van der Waals surface area contributed by atoms with Gasteiger partial charge in [-0.3, -0.25) is 0 Å². The summed E-state index contributed by atoms with van der Waals surface area (Å²) in [5, 5.41) is 3.74. The third-order valence-electron chi connectivity index (χ3n) is 5.02. The molecule has 0 aromatic rings. The second-order valence-corrected chi connectivity index (χ2v) is 6.15. The Morgan fingerprint density at radius 1 is 1.18 bits per heavy atom. The second-order valence-electron chi connectivity index (χ2n) is 6.15. The summed E-state index contributed by atoms with van der Waals surface area (Å²) in [6, 6.07) is 2.48. The fourth-order valence-corrected chi connectivity index (χ4v) is 3.71. The topological polar surface area (TPSA) is 15.3 Å². The van der Waals surface area contributed by atoms with Crippen molar-refractivity contribution >= 4 is 0 Å². The van der Waals surface area contributed by atoms with Crippen molar-refractivity contribution in [2.24, 2.45) is 5.92 Å². The molecule has 2 saturated heterocycles. The highest BCUT2D eigenvalue weighted by atomic mass is 15.1. The van der Waals surface area contributed by atoms with E-state index < -0.39 is 0 Å². The lowest BCUT2D eigenvalue weighted by atomic mass is 9.89. The highest BCUT2D eigenvalue weighted by Gasteiger charge is 2.33. The van der Waals surface area contributed by atoms with E-state index in [1.165, 1.54) is 51.6 Å². The molecule has 2 bridgehead atoms. The summed E-state index contributed by atoms with van der Waals surface area (Å²) >= 11 is 0. The molecule has 0 aromatic carbocycles. The summed E-state index contributed by atoms with van der Waals surface area (Å²) in [5.41, 5.74) is 0. The largest absolute Gasteiger partial charge is 0.311 e. The van der Waals surface area contributed by atoms with Crippen LogP contribution >= 0.6 is 0 Å². The Balaban J connectivity index is 1.73. The molecule has 2 heterocycles. The number of nitrogens with one attached hydrogen (secondary N) is 1. The zero-order chi connectivity index (χ0) is 12.3. The van der Waals surface area contributed by atoms with Crippen molar-refractivity contribution in [2.45, 2.75) is 77.4 Å². The molecule has 2 aliphatic rings. The zero-order valence-corrected chi connectivity index (χ0v) is 11.9. The van der Waals surface area contributed by atoms with Crippen molar-refractivity contribution < 1.29 is 0 Å². The Hall–Kier alpha value is -0.0800. The first-order valence-corrected chi connectivity index (χ1v) is 7.73. The SMILES string of the molecule is CCC(C)N(CC)CCC1CC2CCC(C1)N2. The predicted octanol–water partition coefficient (Wildman–Crippen LogP) is 3.03. The van der Waals surface area contributed by atoms with Crippen molar-refractivity contribution in [1.82, 2.24) is 10.2 Å². The van der Waals surface area contributed by atoms with Crippen LogP contribution in [0.3, 0.4) is 0 Å². The number of hydrogen-bond donors (Lipinski definition) is 1. The second kappa shape index (κ2) is 6.19. The van der Waals surface area contributed by atoms with E-state index in [0.29, 0.717) is 0 Å². The van der Waals surface area contributed by atoms with Gasteiger partial charge in [0.25, 0.3) is 0 Å². The van der Waals surface area contributed by atoms with Crippen LogP contribution in [0.15, 0.2) is 0 Å². The van der Waals surface area contributed by atoms with Crippen LogP contribution in [0.4, 0.5) is 0 Å². The monoisotopic (exact) mass is 238 g/mol. The van der Waals surface area contributed by atoms with Gasteiger partial charge in [0.05, 0.1) is 0 Å². The third kappa shape index (κ3) is 3.45. The minimum atomic E-state index is 0.762. The van der Waals surface area contributed by atoms with Crippen molar-refractivity contribution in [1.29, 1.82) is 0 Å². The van der Waals surface area contributed by atoms with Crippen LogP contribution < -0.4 is 5.32 Å². The molecule has 2 fully saturated rings. The fraction of sp³-hybridized carbons (Fsp3) is 1.00. The van der Waals surface area contributed by atoms with Crippen LogP contribution in [0.1, 0.15) is 59.3 Å². The van der Waals surface area contributed by atoms with E-state index in [9.17, 15) is 0 Å². The van der Waals surface area contributed by atoms with Crippen LogP contribution in [0.25, 0.3) is 0 Å². The minimum absolute atomic E-state index is 0.762. The van der Waals surface area contributed by atoms with Gasteiger partial charge in [-0.25, -0.2) is 0 Å². The van der Waals surface area contributed by atoms with E-state index in [0.717, 1.165) is 24.0 Å². The Morgan fingerprint density at radius 2 is 1.82 bits per heavy atom. The van der Waals surface area contributed by atoms with E-state index in [4.69, 9.17) is 0 Å². The molecule has 2 heteroatoms. The Labute approximate surface area is 107 Å². The Kier molecular flexibility index (Phi) is 4.87. The molecule has 0 aliphatic carbocycles. The molecule has 0 radical (unpaired) electrons. The lowest BCUT2D eigenvalue weighted by molar-refractivity contribution is 0.182. The maximum absolute atomic E-state index is 3.74. The van der Waals surface area contributed by atoms with E-state index in [-0.39, 0.29) is 0 Å². The molecular formula is C15H30N2. The van der Waals surface area contributed by atoms with Gasteiger partial charge in [0.2, 0.25) is 0 Å². The van der Waals surface area contributed by atoms with Gasteiger partial charge in [-0.1, -0.05) is 13.8 Å². The molecule has 1 N–H and O–H groups in total. The molecule has 100 valence electrons. The molecule has 17 heavy (non-hydrogen) atoms. The van der Waals surface area contributed by atoms with E-state index >= 15 is 0 Å². The average Bonchev–Trinajstić information content (AvgIpc) is 2.69. The molecule has 0 spiro atoms. The summed E-state index contributed by atoms with van der Waals surface area (Å²) in [5.74, 6) is 0.992. The highest BCUT2D eigenvalue weighted by molar-refractivity contribution is 4.92. The standard InChI is InChI=1S/C15H30N2/c1-4-12(3)17(5-2)9-8-13-10-14-6-7-15(11-13)16-14/h12-16H,4-11H2,1-3H3. The minimum Gasteiger partial charge on any atom is -0.311 e. The smallest absolute Gasteiger partial charge is 0.00728 e. The normalized spacial score (nSPS) is 34.2. The average molecular weight is 238 g/mol. The van der Waals surface area contributed by atoms with Crippen LogP contribution in [-0.2, 0) is 0 Å². The molecular weight excluding hydrogens is 208 g/mol. The van der Waals surface area contributed by atoms with E-state index in [2.05, 4.69) is 31.0 Å².